The number of halogens is 1. The predicted molar refractivity (Wildman–Crippen MR) is 188 cm³/mol. The van der Waals surface area contributed by atoms with Gasteiger partial charge in [-0.3, -0.25) is 9.59 Å². The van der Waals surface area contributed by atoms with Crippen LogP contribution in [0.3, 0.4) is 0 Å². The van der Waals surface area contributed by atoms with E-state index in [4.69, 9.17) is 23.6 Å². The fraction of sp³-hybridized carbons (Fsp3) is 0.324. The smallest absolute Gasteiger partial charge is 0.408 e. The summed E-state index contributed by atoms with van der Waals surface area (Å²) < 4.78 is 24.2. The van der Waals surface area contributed by atoms with Crippen molar-refractivity contribution < 1.29 is 42.9 Å². The third-order valence-electron chi connectivity index (χ3n) is 9.50. The number of methoxy groups -OCH3 is 1. The number of amides is 3. The first kappa shape index (κ1) is 35.0. The molecule has 4 heterocycles. The molecule has 0 saturated carbocycles. The second-order valence-electron chi connectivity index (χ2n) is 13.1. The predicted octanol–water partition coefficient (Wildman–Crippen LogP) is 3.84. The van der Waals surface area contributed by atoms with Crippen molar-refractivity contribution in [1.82, 2.24) is 20.9 Å². The Labute approximate surface area is 306 Å². The molecular formula is C37H36BrN5O9. The first-order valence-corrected chi connectivity index (χ1v) is 17.5. The molecule has 5 N–H and O–H groups in total. The first-order valence-electron chi connectivity index (χ1n) is 16.7. The number of anilines is 1. The summed E-state index contributed by atoms with van der Waals surface area (Å²) in [7, 11) is 1.15. The van der Waals surface area contributed by atoms with Gasteiger partial charge in [0.2, 0.25) is 11.8 Å². The number of nitrogens with zero attached hydrogens (tertiary/aromatic N) is 1. The standard InChI is InChI=1S/C37H36BrN5O9/c1-18(2)27-33-42-29(32(46)39-25(16-44)34(47)49-3)30(52-33)37-21-10-7-11-23(38)28(21)43-35(37)51-26-13-12-20(14-22(26)37)15-24(31(45)41-27)40-36(48)50-17-19-8-5-4-6-9-19/h4-14,18,24-25,27,35,43-44H,15-17H2,1-3H3,(H,39,46)(H,40,48)(H,41,45)/t24-,25-,27-,35?,37?/m0/s1. The highest BCUT2D eigenvalue weighted by atomic mass is 79.9. The molecule has 3 aliphatic rings. The summed E-state index contributed by atoms with van der Waals surface area (Å²) in [5, 5.41) is 21.6. The normalized spacial score (nSPS) is 21.6. The number of aliphatic hydroxyl groups excluding tert-OH is 1. The van der Waals surface area contributed by atoms with Gasteiger partial charge in [-0.25, -0.2) is 14.6 Å². The highest BCUT2D eigenvalue weighted by molar-refractivity contribution is 9.10. The number of rotatable bonds is 8. The van der Waals surface area contributed by atoms with Crippen LogP contribution in [0, 0.1) is 5.92 Å². The maximum atomic E-state index is 14.2. The Bertz CT molecular complexity index is 2050. The second kappa shape index (κ2) is 14.0. The molecule has 2 unspecified atom stereocenters. The number of carbonyl (C=O) groups excluding carboxylic acids is 4. The van der Waals surface area contributed by atoms with Crippen LogP contribution in [-0.4, -0.2) is 66.0 Å². The average Bonchev–Trinajstić information content (AvgIpc) is 3.81. The van der Waals surface area contributed by atoms with Gasteiger partial charge in [0, 0.05) is 22.0 Å². The van der Waals surface area contributed by atoms with E-state index >= 15 is 0 Å². The molecule has 0 fully saturated rings. The van der Waals surface area contributed by atoms with Crippen LogP contribution in [0.2, 0.25) is 0 Å². The summed E-state index contributed by atoms with van der Waals surface area (Å²) in [5.74, 6) is -1.92. The zero-order valence-corrected chi connectivity index (χ0v) is 30.0. The van der Waals surface area contributed by atoms with Crippen molar-refractivity contribution in [1.29, 1.82) is 0 Å². The van der Waals surface area contributed by atoms with Crippen molar-refractivity contribution in [2.24, 2.45) is 5.92 Å². The number of aromatic nitrogens is 1. The maximum absolute atomic E-state index is 14.2. The van der Waals surface area contributed by atoms with Gasteiger partial charge < -0.3 is 45.0 Å². The van der Waals surface area contributed by atoms with Crippen LogP contribution in [0.15, 0.2) is 75.6 Å². The number of oxazole rings is 1. The average molecular weight is 775 g/mol. The van der Waals surface area contributed by atoms with Gasteiger partial charge >= 0.3 is 12.1 Å². The molecule has 0 saturated heterocycles. The summed E-state index contributed by atoms with van der Waals surface area (Å²) in [6, 6.07) is 16.9. The molecule has 15 heteroatoms. The van der Waals surface area contributed by atoms with E-state index in [9.17, 15) is 24.3 Å². The number of aliphatic hydroxyl groups is 1. The van der Waals surface area contributed by atoms with Gasteiger partial charge in [0.1, 0.15) is 29.9 Å². The zero-order chi connectivity index (χ0) is 36.7. The summed E-state index contributed by atoms with van der Waals surface area (Å²) in [4.78, 5) is 58.4. The minimum Gasteiger partial charge on any atom is -0.469 e. The molecule has 0 aliphatic carbocycles. The Morgan fingerprint density at radius 2 is 1.87 bits per heavy atom. The summed E-state index contributed by atoms with van der Waals surface area (Å²) >= 11 is 3.64. The van der Waals surface area contributed by atoms with Crippen molar-refractivity contribution in [2.75, 3.05) is 19.0 Å². The van der Waals surface area contributed by atoms with Crippen LogP contribution in [0.1, 0.15) is 64.3 Å². The number of benzene rings is 3. The maximum Gasteiger partial charge on any atom is 0.408 e. The van der Waals surface area contributed by atoms with Crippen molar-refractivity contribution in [3.8, 4) is 5.75 Å². The number of fused-ring (bicyclic) bond motifs is 4. The number of hydrogen-bond acceptors (Lipinski definition) is 11. The molecule has 3 aromatic carbocycles. The fourth-order valence-corrected chi connectivity index (χ4v) is 7.43. The van der Waals surface area contributed by atoms with Gasteiger partial charge in [-0.2, -0.15) is 0 Å². The fourth-order valence-electron chi connectivity index (χ4n) is 6.95. The van der Waals surface area contributed by atoms with Gasteiger partial charge in [0.25, 0.3) is 5.91 Å². The van der Waals surface area contributed by atoms with Crippen LogP contribution >= 0.6 is 15.9 Å². The molecule has 52 heavy (non-hydrogen) atoms. The summed E-state index contributed by atoms with van der Waals surface area (Å²) in [6.07, 6.45) is -1.51. The summed E-state index contributed by atoms with van der Waals surface area (Å²) in [5.41, 5.74) is 2.02. The lowest BCUT2D eigenvalue weighted by atomic mass is 9.72. The SMILES string of the molecule is COC(=O)[C@H](CO)NC(=O)c1nc2oc1C13c4cc(ccc4OC1Nc1c(Br)cccc13)C[C@H](NC(=O)OCc1ccccc1)C(=O)N[C@H]2C(C)C. The highest BCUT2D eigenvalue weighted by Crippen LogP contribution is 2.59. The molecule has 4 aromatic rings. The van der Waals surface area contributed by atoms with Crippen molar-refractivity contribution in [3.63, 3.8) is 0 Å². The number of alkyl carbamates (subject to hydrolysis) is 1. The van der Waals surface area contributed by atoms with E-state index in [-0.39, 0.29) is 36.3 Å². The van der Waals surface area contributed by atoms with Gasteiger partial charge in [0.15, 0.2) is 23.7 Å². The Hall–Kier alpha value is -5.41. The highest BCUT2D eigenvalue weighted by Gasteiger charge is 2.61. The molecular weight excluding hydrogens is 738 g/mol. The molecule has 1 spiro atoms. The lowest BCUT2D eigenvalue weighted by molar-refractivity contribution is -0.143. The van der Waals surface area contributed by atoms with E-state index in [1.807, 2.05) is 68.4 Å². The minimum atomic E-state index is -1.39. The van der Waals surface area contributed by atoms with Crippen molar-refractivity contribution >= 4 is 45.5 Å². The number of ether oxygens (including phenoxy) is 3. The van der Waals surface area contributed by atoms with E-state index in [1.165, 1.54) is 0 Å². The van der Waals surface area contributed by atoms with E-state index in [1.54, 1.807) is 12.1 Å². The molecule has 7 rings (SSSR count). The Morgan fingerprint density at radius 1 is 1.08 bits per heavy atom. The van der Waals surface area contributed by atoms with Gasteiger partial charge in [0.05, 0.1) is 19.4 Å². The number of carbonyl (C=O) groups is 4. The number of hydrogen-bond donors (Lipinski definition) is 5. The first-order chi connectivity index (χ1) is 25.0. The van der Waals surface area contributed by atoms with Crippen LogP contribution in [0.5, 0.6) is 5.75 Å². The Morgan fingerprint density at radius 3 is 2.60 bits per heavy atom. The third-order valence-corrected chi connectivity index (χ3v) is 10.2. The van der Waals surface area contributed by atoms with Crippen molar-refractivity contribution in [2.45, 2.75) is 56.6 Å². The topological polar surface area (TPSA) is 190 Å². The second-order valence-corrected chi connectivity index (χ2v) is 14.0. The van der Waals surface area contributed by atoms with E-state index in [0.29, 0.717) is 28.1 Å². The number of nitrogens with one attached hydrogen (secondary N) is 4. The third kappa shape index (κ3) is 6.02. The van der Waals surface area contributed by atoms with Gasteiger partial charge in [-0.05, 0) is 45.1 Å². The zero-order valence-electron chi connectivity index (χ0n) is 28.4. The molecule has 3 amide bonds. The molecule has 1 aromatic heterocycles. The lowest BCUT2D eigenvalue weighted by Gasteiger charge is -2.29. The van der Waals surface area contributed by atoms with E-state index in [2.05, 4.69) is 37.2 Å². The monoisotopic (exact) mass is 773 g/mol. The molecule has 3 aliphatic heterocycles. The van der Waals surface area contributed by atoms with E-state index in [0.717, 1.165) is 17.1 Å². The van der Waals surface area contributed by atoms with Crippen LogP contribution in [0.25, 0.3) is 0 Å². The molecule has 0 radical (unpaired) electrons. The largest absolute Gasteiger partial charge is 0.469 e. The van der Waals surface area contributed by atoms with Gasteiger partial charge in [-0.15, -0.1) is 0 Å². The van der Waals surface area contributed by atoms with Crippen LogP contribution in [-0.2, 0) is 37.5 Å². The van der Waals surface area contributed by atoms with Crippen LogP contribution in [0.4, 0.5) is 10.5 Å². The Balaban J connectivity index is 1.38. The summed E-state index contributed by atoms with van der Waals surface area (Å²) in [6.45, 7) is 2.97. The Kier molecular flexibility index (Phi) is 9.40. The van der Waals surface area contributed by atoms with Crippen molar-refractivity contribution in [3.05, 3.63) is 111 Å². The molecule has 270 valence electrons. The number of para-hydroxylation sites is 1. The molecule has 5 atom stereocenters. The lowest BCUT2D eigenvalue weighted by Crippen LogP contribution is -2.49. The van der Waals surface area contributed by atoms with Crippen LogP contribution < -0.4 is 26.0 Å². The molecule has 14 nitrogen and oxygen atoms in total. The van der Waals surface area contributed by atoms with Gasteiger partial charge in [-0.1, -0.05) is 68.4 Å². The molecule has 4 bridgehead atoms. The number of esters is 1. The minimum absolute atomic E-state index is 0.00858. The van der Waals surface area contributed by atoms with E-state index < -0.39 is 60.3 Å². The quantitative estimate of drug-likeness (QED) is 0.164.